The van der Waals surface area contributed by atoms with Crippen LogP contribution < -0.4 is 10.2 Å². The van der Waals surface area contributed by atoms with Crippen molar-refractivity contribution in [3.8, 4) is 0 Å². The molecule has 3 saturated heterocycles. The molecule has 0 saturated carbocycles. The van der Waals surface area contributed by atoms with Crippen LogP contribution in [0.5, 0.6) is 0 Å². The van der Waals surface area contributed by atoms with E-state index in [9.17, 15) is 14.4 Å². The molecule has 0 unspecified atom stereocenters. The molecule has 4 aliphatic rings. The molecule has 2 aromatic rings. The molecule has 3 fully saturated rings. The average molecular weight is 487 g/mol. The normalized spacial score (nSPS) is 32.0. The Bertz CT molecular complexity index is 1150. The van der Waals surface area contributed by atoms with Crippen LogP contribution in [0.25, 0.3) is 0 Å². The minimum Gasteiger partial charge on any atom is -0.323 e. The third-order valence-electron chi connectivity index (χ3n) is 7.07. The Morgan fingerprint density at radius 1 is 1.07 bits per heavy atom. The third-order valence-corrected chi connectivity index (χ3v) is 8.06. The van der Waals surface area contributed by atoms with E-state index >= 15 is 0 Å². The maximum atomic E-state index is 13.8. The van der Waals surface area contributed by atoms with Crippen LogP contribution in [0.3, 0.4) is 0 Å². The number of rotatable bonds is 1. The molecule has 4 atom stereocenters. The zero-order chi connectivity index (χ0) is 20.8. The van der Waals surface area contributed by atoms with Gasteiger partial charge in [0.05, 0.1) is 28.2 Å². The molecule has 1 N–H and O–H groups in total. The summed E-state index contributed by atoms with van der Waals surface area (Å²) in [5, 5.41) is 3.36. The summed E-state index contributed by atoms with van der Waals surface area (Å²) >= 11 is 9.86. The van der Waals surface area contributed by atoms with Crippen molar-refractivity contribution in [3.05, 3.63) is 57.5 Å². The van der Waals surface area contributed by atoms with Crippen molar-refractivity contribution in [2.75, 3.05) is 16.8 Å². The van der Waals surface area contributed by atoms with E-state index in [1.54, 1.807) is 30.3 Å². The molecule has 0 aromatic heterocycles. The number of nitrogens with one attached hydrogen (secondary N) is 1. The minimum absolute atomic E-state index is 0.144. The number of amides is 3. The average Bonchev–Trinajstić information content (AvgIpc) is 3.42. The molecule has 0 aliphatic carbocycles. The van der Waals surface area contributed by atoms with E-state index in [-0.39, 0.29) is 23.8 Å². The first kappa shape index (κ1) is 18.5. The van der Waals surface area contributed by atoms with E-state index in [2.05, 4.69) is 26.1 Å². The lowest BCUT2D eigenvalue weighted by Gasteiger charge is -2.36. The lowest BCUT2D eigenvalue weighted by atomic mass is 9.75. The summed E-state index contributed by atoms with van der Waals surface area (Å²) in [5.74, 6) is -2.15. The number of carbonyl (C=O) groups excluding carboxylic acids is 3. The predicted molar refractivity (Wildman–Crippen MR) is 115 cm³/mol. The van der Waals surface area contributed by atoms with Gasteiger partial charge in [-0.15, -0.1) is 0 Å². The van der Waals surface area contributed by atoms with E-state index in [4.69, 9.17) is 11.6 Å². The Balaban J connectivity index is 1.59. The van der Waals surface area contributed by atoms with Crippen LogP contribution in [0.15, 0.2) is 46.9 Å². The van der Waals surface area contributed by atoms with Crippen LogP contribution in [0, 0.1) is 11.8 Å². The number of hydrogen-bond acceptors (Lipinski definition) is 4. The van der Waals surface area contributed by atoms with E-state index in [0.29, 0.717) is 33.0 Å². The SMILES string of the molecule is O=C1[C@H]2[C@H]3CCCN3[C@]3(C(=O)Nc4c(Cl)cccc43)[C@H]2C(=O)N1c1ccccc1Br. The van der Waals surface area contributed by atoms with Gasteiger partial charge in [0.25, 0.3) is 5.91 Å². The first-order valence-corrected chi connectivity index (χ1v) is 11.1. The van der Waals surface area contributed by atoms with Crippen LogP contribution in [0.2, 0.25) is 5.02 Å². The quantitative estimate of drug-likeness (QED) is 0.626. The van der Waals surface area contributed by atoms with Crippen molar-refractivity contribution in [1.29, 1.82) is 0 Å². The Labute approximate surface area is 186 Å². The monoisotopic (exact) mass is 485 g/mol. The van der Waals surface area contributed by atoms with Crippen molar-refractivity contribution < 1.29 is 14.4 Å². The predicted octanol–water partition coefficient (Wildman–Crippen LogP) is 3.53. The lowest BCUT2D eigenvalue weighted by Crippen LogP contribution is -2.54. The van der Waals surface area contributed by atoms with Crippen LogP contribution in [-0.2, 0) is 19.9 Å². The van der Waals surface area contributed by atoms with Gasteiger partial charge in [0, 0.05) is 16.1 Å². The first-order chi connectivity index (χ1) is 14.5. The van der Waals surface area contributed by atoms with E-state index in [1.165, 1.54) is 4.90 Å². The van der Waals surface area contributed by atoms with Gasteiger partial charge in [0.2, 0.25) is 11.8 Å². The van der Waals surface area contributed by atoms with E-state index < -0.39 is 17.4 Å². The molecule has 8 heteroatoms. The lowest BCUT2D eigenvalue weighted by molar-refractivity contribution is -0.135. The molecule has 30 heavy (non-hydrogen) atoms. The molecule has 4 aliphatic heterocycles. The molecule has 3 amide bonds. The van der Waals surface area contributed by atoms with Gasteiger partial charge >= 0.3 is 0 Å². The largest absolute Gasteiger partial charge is 0.323 e. The number of imide groups is 1. The van der Waals surface area contributed by atoms with Crippen molar-refractivity contribution in [2.24, 2.45) is 11.8 Å². The standard InChI is InChI=1S/C22H17BrClN3O3/c23-12-6-1-2-8-14(12)27-19(28)16-15-9-4-10-26(15)22(17(16)20(27)29)11-5-3-7-13(24)18(11)25-21(22)30/h1-3,5-8,15-17H,4,9-10H2,(H,25,30)/t15-,16+,17-,22+/m1/s1. The fraction of sp³-hybridized carbons (Fsp3) is 0.318. The summed E-state index contributed by atoms with van der Waals surface area (Å²) in [6, 6.07) is 12.4. The number of carbonyl (C=O) groups is 3. The van der Waals surface area contributed by atoms with Crippen molar-refractivity contribution in [1.82, 2.24) is 4.90 Å². The molecule has 0 radical (unpaired) electrons. The van der Waals surface area contributed by atoms with Crippen molar-refractivity contribution >= 4 is 56.6 Å². The zero-order valence-electron chi connectivity index (χ0n) is 15.8. The van der Waals surface area contributed by atoms with E-state index in [0.717, 1.165) is 12.8 Å². The number of halogens is 2. The van der Waals surface area contributed by atoms with Gasteiger partial charge in [-0.25, -0.2) is 4.90 Å². The second kappa shape index (κ2) is 6.15. The first-order valence-electron chi connectivity index (χ1n) is 9.97. The van der Waals surface area contributed by atoms with Crippen LogP contribution in [0.1, 0.15) is 18.4 Å². The maximum Gasteiger partial charge on any atom is 0.250 e. The fourth-order valence-electron chi connectivity index (χ4n) is 6.06. The van der Waals surface area contributed by atoms with Gasteiger partial charge in [-0.3, -0.25) is 19.3 Å². The van der Waals surface area contributed by atoms with Crippen LogP contribution >= 0.6 is 27.5 Å². The van der Waals surface area contributed by atoms with Crippen LogP contribution in [-0.4, -0.2) is 35.2 Å². The Hall–Kier alpha value is -2.22. The Kier molecular flexibility index (Phi) is 3.80. The van der Waals surface area contributed by atoms with Gasteiger partial charge < -0.3 is 5.32 Å². The molecule has 1 spiro atoms. The molecule has 2 aromatic carbocycles. The third kappa shape index (κ3) is 2.01. The number of hydrogen-bond donors (Lipinski definition) is 1. The van der Waals surface area contributed by atoms with Gasteiger partial charge in [-0.2, -0.15) is 0 Å². The highest BCUT2D eigenvalue weighted by atomic mass is 79.9. The highest BCUT2D eigenvalue weighted by Crippen LogP contribution is 2.61. The summed E-state index contributed by atoms with van der Waals surface area (Å²) in [7, 11) is 0. The molecular weight excluding hydrogens is 470 g/mol. The minimum atomic E-state index is -1.20. The summed E-state index contributed by atoms with van der Waals surface area (Å²) in [5.41, 5.74) is 0.574. The molecule has 6 rings (SSSR count). The number of fused-ring (bicyclic) bond motifs is 7. The number of nitrogens with zero attached hydrogens (tertiary/aromatic N) is 2. The Morgan fingerprint density at radius 2 is 1.87 bits per heavy atom. The molecule has 4 heterocycles. The topological polar surface area (TPSA) is 69.7 Å². The highest BCUT2D eigenvalue weighted by Gasteiger charge is 2.74. The summed E-state index contributed by atoms with van der Waals surface area (Å²) < 4.78 is 0.670. The molecule has 6 nitrogen and oxygen atoms in total. The second-order valence-corrected chi connectivity index (χ2v) is 9.51. The molecular formula is C22H17BrClN3O3. The smallest absolute Gasteiger partial charge is 0.250 e. The number of benzene rings is 2. The van der Waals surface area contributed by atoms with Gasteiger partial charge in [0.15, 0.2) is 0 Å². The number of para-hydroxylation sites is 2. The van der Waals surface area contributed by atoms with Crippen LogP contribution in [0.4, 0.5) is 11.4 Å². The van der Waals surface area contributed by atoms with Crippen molar-refractivity contribution in [2.45, 2.75) is 24.4 Å². The zero-order valence-corrected chi connectivity index (χ0v) is 18.1. The van der Waals surface area contributed by atoms with Crippen molar-refractivity contribution in [3.63, 3.8) is 0 Å². The maximum absolute atomic E-state index is 13.8. The molecule has 0 bridgehead atoms. The second-order valence-electron chi connectivity index (χ2n) is 8.25. The summed E-state index contributed by atoms with van der Waals surface area (Å²) in [6.07, 6.45) is 1.67. The van der Waals surface area contributed by atoms with Gasteiger partial charge in [0.1, 0.15) is 5.54 Å². The van der Waals surface area contributed by atoms with E-state index in [1.807, 2.05) is 12.1 Å². The summed E-state index contributed by atoms with van der Waals surface area (Å²) in [4.78, 5) is 44.4. The fourth-order valence-corrected chi connectivity index (χ4v) is 6.75. The summed E-state index contributed by atoms with van der Waals surface area (Å²) in [6.45, 7) is 0.673. The van der Waals surface area contributed by atoms with Gasteiger partial charge in [-0.05, 0) is 53.5 Å². The Morgan fingerprint density at radius 3 is 2.67 bits per heavy atom. The number of anilines is 2. The van der Waals surface area contributed by atoms with Gasteiger partial charge in [-0.1, -0.05) is 35.9 Å². The highest BCUT2D eigenvalue weighted by molar-refractivity contribution is 9.10. The molecule has 152 valence electrons.